The number of nitrogens with two attached hydrogens (primary N) is 1. The monoisotopic (exact) mass is 263 g/mol. The first kappa shape index (κ1) is 13.3. The highest BCUT2D eigenvalue weighted by molar-refractivity contribution is 5.88. The molecule has 2 atom stereocenters. The average molecular weight is 263 g/mol. The molecule has 0 aromatic carbocycles. The third kappa shape index (κ3) is 2.83. The van der Waals surface area contributed by atoms with Crippen molar-refractivity contribution < 1.29 is 14.7 Å². The first-order valence-corrected chi connectivity index (χ1v) is 6.24. The standard InChI is InChI=1S/C13H17N3O3/c1-8-2-3-10(12(14)17)7-16(8)11-6-9(13(18)19)4-5-15-11/h4-6,8,10H,2-3,7H2,1H3,(H2,14,17)(H,18,19). The molecule has 19 heavy (non-hydrogen) atoms. The SMILES string of the molecule is CC1CCC(C(N)=O)CN1c1cc(C(=O)O)ccn1. The normalized spacial score (nSPS) is 23.1. The number of carbonyl (C=O) groups is 2. The minimum Gasteiger partial charge on any atom is -0.478 e. The minimum atomic E-state index is -0.986. The Morgan fingerprint density at radius 2 is 2.21 bits per heavy atom. The second-order valence-corrected chi connectivity index (χ2v) is 4.89. The molecule has 1 aromatic heterocycles. The lowest BCUT2D eigenvalue weighted by Crippen LogP contribution is -2.46. The summed E-state index contributed by atoms with van der Waals surface area (Å²) in [5.41, 5.74) is 5.54. The van der Waals surface area contributed by atoms with Crippen LogP contribution >= 0.6 is 0 Å². The van der Waals surface area contributed by atoms with E-state index >= 15 is 0 Å². The number of hydrogen-bond donors (Lipinski definition) is 2. The number of pyridine rings is 1. The molecule has 0 radical (unpaired) electrons. The first-order valence-electron chi connectivity index (χ1n) is 6.24. The van der Waals surface area contributed by atoms with Crippen molar-refractivity contribution >= 4 is 17.7 Å². The van der Waals surface area contributed by atoms with E-state index in [0.717, 1.165) is 12.8 Å². The molecule has 0 aliphatic carbocycles. The van der Waals surface area contributed by atoms with Gasteiger partial charge in [0, 0.05) is 18.8 Å². The van der Waals surface area contributed by atoms with Crippen molar-refractivity contribution in [2.45, 2.75) is 25.8 Å². The van der Waals surface area contributed by atoms with E-state index in [-0.39, 0.29) is 23.4 Å². The van der Waals surface area contributed by atoms with E-state index in [1.165, 1.54) is 18.3 Å². The zero-order chi connectivity index (χ0) is 14.0. The first-order chi connectivity index (χ1) is 8.99. The Bertz CT molecular complexity index is 504. The molecule has 3 N–H and O–H groups in total. The molecule has 1 fully saturated rings. The Balaban J connectivity index is 2.25. The maximum absolute atomic E-state index is 11.3. The second-order valence-electron chi connectivity index (χ2n) is 4.89. The van der Waals surface area contributed by atoms with Crippen LogP contribution in [0.2, 0.25) is 0 Å². The van der Waals surface area contributed by atoms with Gasteiger partial charge in [-0.15, -0.1) is 0 Å². The topological polar surface area (TPSA) is 96.5 Å². The summed E-state index contributed by atoms with van der Waals surface area (Å²) >= 11 is 0. The number of aromatic carboxylic acids is 1. The van der Waals surface area contributed by atoms with E-state index in [2.05, 4.69) is 4.98 Å². The number of primary amides is 1. The van der Waals surface area contributed by atoms with Crippen LogP contribution in [0.3, 0.4) is 0 Å². The summed E-state index contributed by atoms with van der Waals surface area (Å²) in [5.74, 6) is -0.920. The number of carboxylic acid groups (broad SMARTS) is 1. The van der Waals surface area contributed by atoms with Gasteiger partial charge in [-0.2, -0.15) is 0 Å². The minimum absolute atomic E-state index is 0.193. The van der Waals surface area contributed by atoms with Crippen molar-refractivity contribution in [2.24, 2.45) is 11.7 Å². The van der Waals surface area contributed by atoms with Gasteiger partial charge in [0.15, 0.2) is 0 Å². The lowest BCUT2D eigenvalue weighted by Gasteiger charge is -2.37. The number of carbonyl (C=O) groups excluding carboxylic acids is 1. The third-order valence-corrected chi connectivity index (χ3v) is 3.57. The molecular formula is C13H17N3O3. The molecule has 2 rings (SSSR count). The predicted molar refractivity (Wildman–Crippen MR) is 69.9 cm³/mol. The van der Waals surface area contributed by atoms with Crippen LogP contribution in [0.25, 0.3) is 0 Å². The summed E-state index contributed by atoms with van der Waals surface area (Å²) in [7, 11) is 0. The summed E-state index contributed by atoms with van der Waals surface area (Å²) in [6.07, 6.45) is 3.08. The number of aromatic nitrogens is 1. The van der Waals surface area contributed by atoms with Crippen LogP contribution in [0.1, 0.15) is 30.1 Å². The Morgan fingerprint density at radius 3 is 2.84 bits per heavy atom. The van der Waals surface area contributed by atoms with Crippen LogP contribution in [0.5, 0.6) is 0 Å². The van der Waals surface area contributed by atoms with E-state index in [0.29, 0.717) is 12.4 Å². The Morgan fingerprint density at radius 1 is 1.47 bits per heavy atom. The molecular weight excluding hydrogens is 246 g/mol. The van der Waals surface area contributed by atoms with Crippen LogP contribution in [-0.4, -0.2) is 34.6 Å². The molecule has 0 spiro atoms. The highest BCUT2D eigenvalue weighted by atomic mass is 16.4. The Kier molecular flexibility index (Phi) is 3.69. The maximum atomic E-state index is 11.3. The van der Waals surface area contributed by atoms with Crippen molar-refractivity contribution in [2.75, 3.05) is 11.4 Å². The molecule has 1 amide bonds. The number of hydrogen-bond acceptors (Lipinski definition) is 4. The van der Waals surface area contributed by atoms with Crippen molar-refractivity contribution in [1.29, 1.82) is 0 Å². The Hall–Kier alpha value is -2.11. The molecule has 102 valence electrons. The largest absolute Gasteiger partial charge is 0.478 e. The number of anilines is 1. The van der Waals surface area contributed by atoms with Gasteiger partial charge in [0.25, 0.3) is 0 Å². The van der Waals surface area contributed by atoms with Gasteiger partial charge in [0.1, 0.15) is 5.82 Å². The fraction of sp³-hybridized carbons (Fsp3) is 0.462. The summed E-state index contributed by atoms with van der Waals surface area (Å²) in [6, 6.07) is 3.20. The number of carboxylic acids is 1. The molecule has 0 saturated carbocycles. The van der Waals surface area contributed by atoms with Crippen molar-refractivity contribution in [3.63, 3.8) is 0 Å². The van der Waals surface area contributed by atoms with E-state index < -0.39 is 5.97 Å². The van der Waals surface area contributed by atoms with Gasteiger partial charge in [0.2, 0.25) is 5.91 Å². The van der Waals surface area contributed by atoms with Gasteiger partial charge in [-0.3, -0.25) is 4.79 Å². The van der Waals surface area contributed by atoms with Crippen molar-refractivity contribution in [3.8, 4) is 0 Å². The van der Waals surface area contributed by atoms with E-state index in [1.54, 1.807) is 0 Å². The average Bonchev–Trinajstić information content (AvgIpc) is 2.39. The maximum Gasteiger partial charge on any atom is 0.335 e. The van der Waals surface area contributed by atoms with E-state index in [1.807, 2.05) is 11.8 Å². The second kappa shape index (κ2) is 5.26. The quantitative estimate of drug-likeness (QED) is 0.843. The molecule has 0 bridgehead atoms. The van der Waals surface area contributed by atoms with Gasteiger partial charge in [0.05, 0.1) is 11.5 Å². The van der Waals surface area contributed by atoms with Crippen LogP contribution in [0.4, 0.5) is 5.82 Å². The molecule has 2 heterocycles. The fourth-order valence-electron chi connectivity index (χ4n) is 2.37. The number of amides is 1. The molecule has 1 aliphatic heterocycles. The van der Waals surface area contributed by atoms with Gasteiger partial charge < -0.3 is 15.7 Å². The fourth-order valence-corrected chi connectivity index (χ4v) is 2.37. The third-order valence-electron chi connectivity index (χ3n) is 3.57. The molecule has 6 heteroatoms. The highest BCUT2D eigenvalue weighted by Gasteiger charge is 2.29. The number of rotatable bonds is 3. The van der Waals surface area contributed by atoms with E-state index in [4.69, 9.17) is 10.8 Å². The number of piperidine rings is 1. The summed E-state index contributed by atoms with van der Waals surface area (Å²) in [4.78, 5) is 28.4. The predicted octanol–water partition coefficient (Wildman–Crippen LogP) is 0.870. The lowest BCUT2D eigenvalue weighted by atomic mass is 9.93. The van der Waals surface area contributed by atoms with Crippen LogP contribution in [0.15, 0.2) is 18.3 Å². The van der Waals surface area contributed by atoms with Gasteiger partial charge in [-0.25, -0.2) is 9.78 Å². The molecule has 1 aromatic rings. The van der Waals surface area contributed by atoms with Crippen LogP contribution < -0.4 is 10.6 Å². The molecule has 2 unspecified atom stereocenters. The molecule has 6 nitrogen and oxygen atoms in total. The summed E-state index contributed by atoms with van der Waals surface area (Å²) < 4.78 is 0. The van der Waals surface area contributed by atoms with Crippen molar-refractivity contribution in [1.82, 2.24) is 4.98 Å². The van der Waals surface area contributed by atoms with Gasteiger partial charge in [-0.1, -0.05) is 0 Å². The summed E-state index contributed by atoms with van der Waals surface area (Å²) in [5, 5.41) is 8.99. The van der Waals surface area contributed by atoms with Crippen LogP contribution in [-0.2, 0) is 4.79 Å². The lowest BCUT2D eigenvalue weighted by molar-refractivity contribution is -0.122. The molecule has 1 aliphatic rings. The number of nitrogens with zero attached hydrogens (tertiary/aromatic N) is 2. The highest BCUT2D eigenvalue weighted by Crippen LogP contribution is 2.26. The van der Waals surface area contributed by atoms with Gasteiger partial charge >= 0.3 is 5.97 Å². The zero-order valence-electron chi connectivity index (χ0n) is 10.7. The smallest absolute Gasteiger partial charge is 0.335 e. The van der Waals surface area contributed by atoms with E-state index in [9.17, 15) is 9.59 Å². The van der Waals surface area contributed by atoms with Gasteiger partial charge in [-0.05, 0) is 31.9 Å². The summed E-state index contributed by atoms with van der Waals surface area (Å²) in [6.45, 7) is 2.53. The zero-order valence-corrected chi connectivity index (χ0v) is 10.7. The van der Waals surface area contributed by atoms with Crippen molar-refractivity contribution in [3.05, 3.63) is 23.9 Å². The van der Waals surface area contributed by atoms with Crippen LogP contribution in [0, 0.1) is 5.92 Å². The Labute approximate surface area is 111 Å². The molecule has 1 saturated heterocycles.